The first kappa shape index (κ1) is 14.2. The summed E-state index contributed by atoms with van der Waals surface area (Å²) in [5.41, 5.74) is 6.90. The third-order valence-corrected chi connectivity index (χ3v) is 3.41. The summed E-state index contributed by atoms with van der Waals surface area (Å²) in [7, 11) is 0. The fourth-order valence-electron chi connectivity index (χ4n) is 1.47. The van der Waals surface area contributed by atoms with Crippen LogP contribution in [0.5, 0.6) is 0 Å². The molecule has 4 heteroatoms. The fraction of sp³-hybridized carbons (Fsp3) is 0.462. The van der Waals surface area contributed by atoms with E-state index < -0.39 is 6.04 Å². The van der Waals surface area contributed by atoms with E-state index >= 15 is 0 Å². The molecule has 2 atom stereocenters. The molecular weight excluding hydrogens is 280 g/mol. The van der Waals surface area contributed by atoms with Crippen molar-refractivity contribution in [3.8, 4) is 0 Å². The lowest BCUT2D eigenvalue weighted by Gasteiger charge is -2.17. The molecule has 17 heavy (non-hydrogen) atoms. The number of amides is 1. The molecule has 0 saturated carbocycles. The summed E-state index contributed by atoms with van der Waals surface area (Å²) in [5.74, 6) is 0.122. The number of nitrogens with two attached hydrogens (primary N) is 1. The Morgan fingerprint density at radius 2 is 2.24 bits per heavy atom. The SMILES string of the molecule is CCC(C)C(N)C(=O)NCc1cccc(Br)c1. The normalized spacial score (nSPS) is 14.1. The van der Waals surface area contributed by atoms with Crippen LogP contribution in [0.3, 0.4) is 0 Å². The van der Waals surface area contributed by atoms with E-state index in [-0.39, 0.29) is 11.8 Å². The number of hydrogen-bond acceptors (Lipinski definition) is 2. The number of carbonyl (C=O) groups is 1. The molecule has 0 fully saturated rings. The lowest BCUT2D eigenvalue weighted by atomic mass is 9.99. The molecule has 0 saturated heterocycles. The molecule has 0 radical (unpaired) electrons. The molecule has 1 rings (SSSR count). The smallest absolute Gasteiger partial charge is 0.237 e. The molecule has 0 heterocycles. The first-order valence-corrected chi connectivity index (χ1v) is 6.61. The average molecular weight is 299 g/mol. The molecule has 1 aromatic rings. The summed E-state index contributed by atoms with van der Waals surface area (Å²) in [6.07, 6.45) is 0.908. The van der Waals surface area contributed by atoms with E-state index in [1.807, 2.05) is 38.1 Å². The first-order chi connectivity index (χ1) is 8.04. The Kier molecular flexibility index (Phi) is 5.65. The Labute approximate surface area is 111 Å². The van der Waals surface area contributed by atoms with Crippen LogP contribution >= 0.6 is 15.9 Å². The van der Waals surface area contributed by atoms with E-state index in [1.54, 1.807) is 0 Å². The minimum atomic E-state index is -0.424. The van der Waals surface area contributed by atoms with E-state index in [0.29, 0.717) is 6.54 Å². The van der Waals surface area contributed by atoms with Gasteiger partial charge in [0.25, 0.3) is 0 Å². The lowest BCUT2D eigenvalue weighted by Crippen LogP contribution is -2.44. The number of halogens is 1. The zero-order valence-electron chi connectivity index (χ0n) is 10.2. The van der Waals surface area contributed by atoms with Gasteiger partial charge in [0.2, 0.25) is 5.91 Å². The monoisotopic (exact) mass is 298 g/mol. The lowest BCUT2D eigenvalue weighted by molar-refractivity contribution is -0.123. The van der Waals surface area contributed by atoms with E-state index in [9.17, 15) is 4.79 Å². The fourth-order valence-corrected chi connectivity index (χ4v) is 1.91. The van der Waals surface area contributed by atoms with Gasteiger partial charge in [-0.25, -0.2) is 0 Å². The van der Waals surface area contributed by atoms with Crippen LogP contribution in [0.2, 0.25) is 0 Å². The van der Waals surface area contributed by atoms with E-state index in [4.69, 9.17) is 5.73 Å². The van der Waals surface area contributed by atoms with Gasteiger partial charge in [-0.15, -0.1) is 0 Å². The summed E-state index contributed by atoms with van der Waals surface area (Å²) in [5, 5.41) is 2.86. The van der Waals surface area contributed by atoms with Crippen molar-refractivity contribution in [2.75, 3.05) is 0 Å². The second-order valence-electron chi connectivity index (χ2n) is 4.26. The van der Waals surface area contributed by atoms with Crippen molar-refractivity contribution < 1.29 is 4.79 Å². The molecule has 0 bridgehead atoms. The highest BCUT2D eigenvalue weighted by molar-refractivity contribution is 9.10. The van der Waals surface area contributed by atoms with E-state index in [2.05, 4.69) is 21.2 Å². The number of hydrogen-bond donors (Lipinski definition) is 2. The molecular formula is C13H19BrN2O. The molecule has 0 aromatic heterocycles. The number of rotatable bonds is 5. The van der Waals surface area contributed by atoms with Gasteiger partial charge >= 0.3 is 0 Å². The topological polar surface area (TPSA) is 55.1 Å². The van der Waals surface area contributed by atoms with Crippen LogP contribution in [0.1, 0.15) is 25.8 Å². The quantitative estimate of drug-likeness (QED) is 0.877. The minimum absolute atomic E-state index is 0.0840. The van der Waals surface area contributed by atoms with Crippen molar-refractivity contribution in [3.63, 3.8) is 0 Å². The van der Waals surface area contributed by atoms with Crippen LogP contribution in [0.15, 0.2) is 28.7 Å². The first-order valence-electron chi connectivity index (χ1n) is 5.82. The Hall–Kier alpha value is -0.870. The van der Waals surface area contributed by atoms with Crippen molar-refractivity contribution in [2.24, 2.45) is 11.7 Å². The molecule has 1 aromatic carbocycles. The van der Waals surface area contributed by atoms with Gasteiger partial charge < -0.3 is 11.1 Å². The van der Waals surface area contributed by atoms with Gasteiger partial charge in [0.1, 0.15) is 0 Å². The Morgan fingerprint density at radius 3 is 2.82 bits per heavy atom. The Bertz CT molecular complexity index is 381. The summed E-state index contributed by atoms with van der Waals surface area (Å²) >= 11 is 3.40. The number of nitrogens with one attached hydrogen (secondary N) is 1. The molecule has 0 spiro atoms. The van der Waals surface area contributed by atoms with Crippen LogP contribution in [0, 0.1) is 5.92 Å². The molecule has 3 N–H and O–H groups in total. The van der Waals surface area contributed by atoms with Gasteiger partial charge in [-0.2, -0.15) is 0 Å². The zero-order valence-corrected chi connectivity index (χ0v) is 11.8. The van der Waals surface area contributed by atoms with Crippen molar-refractivity contribution in [1.82, 2.24) is 5.32 Å². The maximum absolute atomic E-state index is 11.8. The number of benzene rings is 1. The molecule has 1 amide bonds. The van der Waals surface area contributed by atoms with Crippen LogP contribution in [0.25, 0.3) is 0 Å². The molecule has 0 aliphatic heterocycles. The molecule has 3 nitrogen and oxygen atoms in total. The second-order valence-corrected chi connectivity index (χ2v) is 5.17. The summed E-state index contributed by atoms with van der Waals surface area (Å²) in [6, 6.07) is 7.43. The summed E-state index contributed by atoms with van der Waals surface area (Å²) in [4.78, 5) is 11.8. The van der Waals surface area contributed by atoms with Crippen LogP contribution < -0.4 is 11.1 Å². The van der Waals surface area contributed by atoms with Gasteiger partial charge in [-0.05, 0) is 23.6 Å². The molecule has 0 aliphatic carbocycles. The van der Waals surface area contributed by atoms with Crippen molar-refractivity contribution in [2.45, 2.75) is 32.9 Å². The minimum Gasteiger partial charge on any atom is -0.351 e. The van der Waals surface area contributed by atoms with Crippen LogP contribution in [-0.4, -0.2) is 11.9 Å². The Morgan fingerprint density at radius 1 is 1.53 bits per heavy atom. The van der Waals surface area contributed by atoms with Crippen molar-refractivity contribution in [1.29, 1.82) is 0 Å². The number of carbonyl (C=O) groups excluding carboxylic acids is 1. The van der Waals surface area contributed by atoms with Gasteiger partial charge in [-0.3, -0.25) is 4.79 Å². The highest BCUT2D eigenvalue weighted by atomic mass is 79.9. The van der Waals surface area contributed by atoms with Gasteiger partial charge in [0, 0.05) is 11.0 Å². The third-order valence-electron chi connectivity index (χ3n) is 2.92. The van der Waals surface area contributed by atoms with E-state index in [1.165, 1.54) is 0 Å². The molecule has 94 valence electrons. The maximum atomic E-state index is 11.8. The van der Waals surface area contributed by atoms with Crippen LogP contribution in [0.4, 0.5) is 0 Å². The summed E-state index contributed by atoms with van der Waals surface area (Å²) in [6.45, 7) is 4.54. The van der Waals surface area contributed by atoms with Crippen molar-refractivity contribution >= 4 is 21.8 Å². The molecule has 2 unspecified atom stereocenters. The highest BCUT2D eigenvalue weighted by Crippen LogP contribution is 2.11. The zero-order chi connectivity index (χ0) is 12.8. The van der Waals surface area contributed by atoms with Gasteiger partial charge in [0.05, 0.1) is 6.04 Å². The van der Waals surface area contributed by atoms with Crippen LogP contribution in [-0.2, 0) is 11.3 Å². The standard InChI is InChI=1S/C13H19BrN2O/c1-3-9(2)12(15)13(17)16-8-10-5-4-6-11(14)7-10/h4-7,9,12H,3,8,15H2,1-2H3,(H,16,17). The average Bonchev–Trinajstić information content (AvgIpc) is 2.34. The second kappa shape index (κ2) is 6.77. The Balaban J connectivity index is 2.48. The predicted molar refractivity (Wildman–Crippen MR) is 73.4 cm³/mol. The largest absolute Gasteiger partial charge is 0.351 e. The predicted octanol–water partition coefficient (Wildman–Crippen LogP) is 2.44. The van der Waals surface area contributed by atoms with Gasteiger partial charge in [0.15, 0.2) is 0 Å². The third kappa shape index (κ3) is 4.48. The van der Waals surface area contributed by atoms with Crippen molar-refractivity contribution in [3.05, 3.63) is 34.3 Å². The van der Waals surface area contributed by atoms with E-state index in [0.717, 1.165) is 16.5 Å². The highest BCUT2D eigenvalue weighted by Gasteiger charge is 2.18. The summed E-state index contributed by atoms with van der Waals surface area (Å²) < 4.78 is 1.01. The van der Waals surface area contributed by atoms with Gasteiger partial charge in [-0.1, -0.05) is 48.3 Å². The maximum Gasteiger partial charge on any atom is 0.237 e. The molecule has 0 aliphatic rings.